The maximum atomic E-state index is 13.1. The van der Waals surface area contributed by atoms with Crippen molar-refractivity contribution in [2.24, 2.45) is 5.92 Å². The van der Waals surface area contributed by atoms with Crippen LogP contribution in [0.5, 0.6) is 0 Å². The van der Waals surface area contributed by atoms with Gasteiger partial charge in [-0.05, 0) is 37.5 Å². The molecule has 0 atom stereocenters. The van der Waals surface area contributed by atoms with Crippen LogP contribution in [0, 0.1) is 12.8 Å². The molecule has 0 spiro atoms. The fourth-order valence-corrected chi connectivity index (χ4v) is 3.38. The number of halogens is 6. The van der Waals surface area contributed by atoms with Crippen molar-refractivity contribution < 1.29 is 35.9 Å². The Balaban J connectivity index is 2.36. The van der Waals surface area contributed by atoms with E-state index in [0.29, 0.717) is 24.2 Å². The molecule has 176 valence electrons. The molecule has 12 heteroatoms. The highest BCUT2D eigenvalue weighted by atomic mass is 32.1. The zero-order chi connectivity index (χ0) is 24.3. The van der Waals surface area contributed by atoms with E-state index in [4.69, 9.17) is 0 Å². The number of nitrogens with zero attached hydrogens (tertiary/aromatic N) is 2. The van der Waals surface area contributed by atoms with Gasteiger partial charge in [0, 0.05) is 17.5 Å². The zero-order valence-electron chi connectivity index (χ0n) is 17.4. The van der Waals surface area contributed by atoms with Gasteiger partial charge in [0.15, 0.2) is 5.13 Å². The fourth-order valence-electron chi connectivity index (χ4n) is 2.67. The number of amides is 2. The molecule has 0 aliphatic carbocycles. The van der Waals surface area contributed by atoms with Crippen LogP contribution < -0.4 is 5.32 Å². The minimum atomic E-state index is -5.08. The first-order chi connectivity index (χ1) is 14.7. The molecular formula is C20H21F6N3O2S. The van der Waals surface area contributed by atoms with Gasteiger partial charge in [-0.15, -0.1) is 11.3 Å². The summed E-state index contributed by atoms with van der Waals surface area (Å²) in [6.07, 6.45) is -9.78. The topological polar surface area (TPSA) is 62.3 Å². The molecule has 0 aliphatic heterocycles. The SMILES string of the molecule is Cc1csc(NC(=O)CN(CCC(C)C)C(=O)c2cc(C(F)(F)F)cc(C(F)(F)F)c2)n1. The summed E-state index contributed by atoms with van der Waals surface area (Å²) in [5.74, 6) is -1.70. The summed E-state index contributed by atoms with van der Waals surface area (Å²) in [6, 6.07) is 0.677. The van der Waals surface area contributed by atoms with Crippen LogP contribution in [-0.2, 0) is 17.1 Å². The van der Waals surface area contributed by atoms with Crippen molar-refractivity contribution in [1.29, 1.82) is 0 Å². The number of anilines is 1. The van der Waals surface area contributed by atoms with E-state index in [1.807, 2.05) is 13.8 Å². The Morgan fingerprint density at radius 1 is 1.06 bits per heavy atom. The summed E-state index contributed by atoms with van der Waals surface area (Å²) >= 11 is 1.14. The Labute approximate surface area is 184 Å². The number of aryl methyl sites for hydroxylation is 1. The predicted molar refractivity (Wildman–Crippen MR) is 107 cm³/mol. The highest BCUT2D eigenvalue weighted by Gasteiger charge is 2.38. The molecule has 32 heavy (non-hydrogen) atoms. The van der Waals surface area contributed by atoms with Crippen molar-refractivity contribution >= 4 is 28.3 Å². The van der Waals surface area contributed by atoms with Gasteiger partial charge >= 0.3 is 12.4 Å². The van der Waals surface area contributed by atoms with Gasteiger partial charge in [0.2, 0.25) is 5.91 Å². The van der Waals surface area contributed by atoms with Crippen LogP contribution in [0.4, 0.5) is 31.5 Å². The fraction of sp³-hybridized carbons (Fsp3) is 0.450. The first-order valence-corrected chi connectivity index (χ1v) is 10.4. The summed E-state index contributed by atoms with van der Waals surface area (Å²) < 4.78 is 78.9. The molecule has 2 amide bonds. The van der Waals surface area contributed by atoms with E-state index in [2.05, 4.69) is 10.3 Å². The number of thiazole rings is 1. The average Bonchev–Trinajstić information content (AvgIpc) is 3.07. The van der Waals surface area contributed by atoms with Crippen molar-refractivity contribution in [1.82, 2.24) is 9.88 Å². The first-order valence-electron chi connectivity index (χ1n) is 9.47. The maximum absolute atomic E-state index is 13.1. The summed E-state index contributed by atoms with van der Waals surface area (Å²) in [6.45, 7) is 4.77. The molecule has 2 rings (SSSR count). The highest BCUT2D eigenvalue weighted by Crippen LogP contribution is 2.36. The second kappa shape index (κ2) is 9.88. The molecule has 1 N–H and O–H groups in total. The van der Waals surface area contributed by atoms with Gasteiger partial charge in [-0.2, -0.15) is 26.3 Å². The number of rotatable bonds is 7. The second-order valence-electron chi connectivity index (χ2n) is 7.55. The van der Waals surface area contributed by atoms with Crippen molar-refractivity contribution in [3.05, 3.63) is 46.0 Å². The monoisotopic (exact) mass is 481 g/mol. The quantitative estimate of drug-likeness (QED) is 0.523. The van der Waals surface area contributed by atoms with Crippen molar-refractivity contribution in [3.63, 3.8) is 0 Å². The molecule has 0 unspecified atom stereocenters. The summed E-state index contributed by atoms with van der Waals surface area (Å²) in [4.78, 5) is 30.3. The number of hydrogen-bond donors (Lipinski definition) is 1. The Morgan fingerprint density at radius 2 is 1.62 bits per heavy atom. The molecule has 1 heterocycles. The average molecular weight is 481 g/mol. The largest absolute Gasteiger partial charge is 0.416 e. The first kappa shape index (κ1) is 25.6. The molecule has 0 fully saturated rings. The molecule has 1 aromatic carbocycles. The number of alkyl halides is 6. The van der Waals surface area contributed by atoms with Crippen molar-refractivity contribution in [2.45, 2.75) is 39.5 Å². The Bertz CT molecular complexity index is 937. The maximum Gasteiger partial charge on any atom is 0.416 e. The number of carbonyl (C=O) groups is 2. The van der Waals surface area contributed by atoms with Crippen LogP contribution in [-0.4, -0.2) is 34.8 Å². The van der Waals surface area contributed by atoms with Gasteiger partial charge in [0.05, 0.1) is 16.8 Å². The van der Waals surface area contributed by atoms with Crippen LogP contribution in [0.15, 0.2) is 23.6 Å². The third-order valence-corrected chi connectivity index (χ3v) is 5.17. The predicted octanol–water partition coefficient (Wildman–Crippen LogP) is 5.62. The molecule has 5 nitrogen and oxygen atoms in total. The van der Waals surface area contributed by atoms with Crippen LogP contribution in [0.2, 0.25) is 0 Å². The van der Waals surface area contributed by atoms with E-state index in [1.165, 1.54) is 0 Å². The lowest BCUT2D eigenvalue weighted by Gasteiger charge is -2.24. The number of hydrogen-bond acceptors (Lipinski definition) is 4. The van der Waals surface area contributed by atoms with Crippen molar-refractivity contribution in [2.75, 3.05) is 18.4 Å². The lowest BCUT2D eigenvalue weighted by Crippen LogP contribution is -2.39. The molecule has 0 radical (unpaired) electrons. The normalized spacial score (nSPS) is 12.2. The summed E-state index contributed by atoms with van der Waals surface area (Å²) in [5.41, 5.74) is -3.33. The number of aromatic nitrogens is 1. The van der Waals surface area contributed by atoms with E-state index < -0.39 is 47.4 Å². The lowest BCUT2D eigenvalue weighted by atomic mass is 10.0. The number of benzene rings is 1. The minimum absolute atomic E-state index is 0.0294. The van der Waals surface area contributed by atoms with E-state index in [-0.39, 0.29) is 23.7 Å². The smallest absolute Gasteiger partial charge is 0.329 e. The molecule has 0 saturated carbocycles. The van der Waals surface area contributed by atoms with Gasteiger partial charge in [-0.3, -0.25) is 9.59 Å². The van der Waals surface area contributed by atoms with E-state index >= 15 is 0 Å². The Hall–Kier alpha value is -2.63. The molecule has 0 bridgehead atoms. The Kier molecular flexibility index (Phi) is 7.92. The minimum Gasteiger partial charge on any atom is -0.329 e. The number of carbonyl (C=O) groups excluding carboxylic acids is 2. The van der Waals surface area contributed by atoms with Gasteiger partial charge < -0.3 is 10.2 Å². The second-order valence-corrected chi connectivity index (χ2v) is 8.40. The van der Waals surface area contributed by atoms with Gasteiger partial charge in [-0.1, -0.05) is 13.8 Å². The van der Waals surface area contributed by atoms with Gasteiger partial charge in [0.25, 0.3) is 5.91 Å². The standard InChI is InChI=1S/C20H21F6N3O2S/c1-11(2)4-5-29(9-16(30)28-18-27-12(3)10-32-18)17(31)13-6-14(19(21,22)23)8-15(7-13)20(24,25)26/h6-8,10-11H,4-5,9H2,1-3H3,(H,27,28,30). The van der Waals surface area contributed by atoms with E-state index in [1.54, 1.807) is 12.3 Å². The van der Waals surface area contributed by atoms with Crippen LogP contribution in [0.25, 0.3) is 0 Å². The summed E-state index contributed by atoms with van der Waals surface area (Å²) in [7, 11) is 0. The Morgan fingerprint density at radius 3 is 2.06 bits per heavy atom. The molecular weight excluding hydrogens is 460 g/mol. The summed E-state index contributed by atoms with van der Waals surface area (Å²) in [5, 5.41) is 4.42. The van der Waals surface area contributed by atoms with Gasteiger partial charge in [-0.25, -0.2) is 4.98 Å². The van der Waals surface area contributed by atoms with Gasteiger partial charge in [0.1, 0.15) is 6.54 Å². The molecule has 0 saturated heterocycles. The van der Waals surface area contributed by atoms with E-state index in [9.17, 15) is 35.9 Å². The third kappa shape index (κ3) is 7.21. The highest BCUT2D eigenvalue weighted by molar-refractivity contribution is 7.13. The lowest BCUT2D eigenvalue weighted by molar-refractivity contribution is -0.143. The van der Waals surface area contributed by atoms with Crippen molar-refractivity contribution in [3.8, 4) is 0 Å². The van der Waals surface area contributed by atoms with Crippen LogP contribution in [0.3, 0.4) is 0 Å². The molecule has 1 aromatic heterocycles. The van der Waals surface area contributed by atoms with Crippen LogP contribution in [0.1, 0.15) is 47.4 Å². The third-order valence-electron chi connectivity index (χ3n) is 4.30. The van der Waals surface area contributed by atoms with E-state index in [0.717, 1.165) is 16.2 Å². The zero-order valence-corrected chi connectivity index (χ0v) is 18.2. The van der Waals surface area contributed by atoms with Crippen LogP contribution >= 0.6 is 11.3 Å². The number of nitrogens with one attached hydrogen (secondary N) is 1. The molecule has 0 aliphatic rings. The molecule has 2 aromatic rings.